The molecule has 0 saturated heterocycles. The molecule has 1 rings (SSSR count). The van der Waals surface area contributed by atoms with Gasteiger partial charge in [-0.2, -0.15) is 8.42 Å². The molecule has 0 aromatic rings. The fraction of sp³-hybridized carbons (Fsp3) is 1.00. The molecule has 0 amide bonds. The summed E-state index contributed by atoms with van der Waals surface area (Å²) in [5.74, 6) is 0. The van der Waals surface area contributed by atoms with Crippen molar-refractivity contribution in [2.45, 2.75) is 37.4 Å². The molecule has 11 heavy (non-hydrogen) atoms. The molecule has 62 valence electrons. The molecule has 0 heterocycles. The summed E-state index contributed by atoms with van der Waals surface area (Å²) in [4.78, 5) is 0. The summed E-state index contributed by atoms with van der Waals surface area (Å²) in [6.45, 7) is 0. The van der Waals surface area contributed by atoms with Crippen molar-refractivity contribution in [1.29, 1.82) is 0 Å². The Morgan fingerprint density at radius 3 is 1.82 bits per heavy atom. The van der Waals surface area contributed by atoms with Gasteiger partial charge in [0.2, 0.25) is 0 Å². The van der Waals surface area contributed by atoms with Crippen LogP contribution in [0.15, 0.2) is 0 Å². The molecule has 0 unspecified atom stereocenters. The monoisotopic (exact) mass is 228 g/mol. The van der Waals surface area contributed by atoms with Gasteiger partial charge in [-0.15, -0.1) is 0 Å². The summed E-state index contributed by atoms with van der Waals surface area (Å²) >= 11 is 0. The van der Waals surface area contributed by atoms with Crippen molar-refractivity contribution in [2.75, 3.05) is 0 Å². The maximum absolute atomic E-state index is 10.5. The first-order valence-electron chi connectivity index (χ1n) is 3.57. The predicted molar refractivity (Wildman–Crippen MR) is 38.4 cm³/mol. The van der Waals surface area contributed by atoms with Crippen molar-refractivity contribution in [1.82, 2.24) is 0 Å². The zero-order valence-corrected chi connectivity index (χ0v) is 10.3. The fourth-order valence-corrected chi connectivity index (χ4v) is 2.29. The summed E-state index contributed by atoms with van der Waals surface area (Å²) in [5, 5.41) is -0.471. The van der Waals surface area contributed by atoms with Crippen LogP contribution in [0.5, 0.6) is 0 Å². The van der Waals surface area contributed by atoms with Crippen LogP contribution < -0.4 is 0 Å². The molecule has 0 aliphatic heterocycles. The molecule has 1 fully saturated rings. The summed E-state index contributed by atoms with van der Waals surface area (Å²) in [7, 11) is -3.73. The minimum absolute atomic E-state index is 0. The molecule has 0 spiro atoms. The van der Waals surface area contributed by atoms with E-state index in [2.05, 4.69) is 0 Å². The van der Waals surface area contributed by atoms with Crippen LogP contribution in [0.25, 0.3) is 0 Å². The van der Waals surface area contributed by atoms with Gasteiger partial charge < -0.3 is 0 Å². The zero-order valence-electron chi connectivity index (χ0n) is 6.49. The van der Waals surface area contributed by atoms with Crippen LogP contribution in [0.1, 0.15) is 32.1 Å². The van der Waals surface area contributed by atoms with Crippen LogP contribution in [-0.4, -0.2) is 18.2 Å². The van der Waals surface area contributed by atoms with E-state index in [0.717, 1.165) is 19.3 Å². The van der Waals surface area contributed by atoms with Crippen LogP contribution >= 0.6 is 0 Å². The molecule has 1 aliphatic rings. The van der Waals surface area contributed by atoms with E-state index in [9.17, 15) is 8.42 Å². The molecule has 1 aliphatic carbocycles. The maximum Gasteiger partial charge on any atom is 0.267 e. The number of hydrogen-bond donors (Lipinski definition) is 1. The Labute approximate surface area is 80.1 Å². The van der Waals surface area contributed by atoms with Gasteiger partial charge in [0.1, 0.15) is 0 Å². The van der Waals surface area contributed by atoms with Crippen molar-refractivity contribution in [3.63, 3.8) is 0 Å². The zero-order chi connectivity index (χ0) is 7.61. The van der Waals surface area contributed by atoms with Crippen LogP contribution in [0.3, 0.4) is 0 Å². The third kappa shape index (κ3) is 3.63. The van der Waals surface area contributed by atoms with Gasteiger partial charge in [-0.25, -0.2) is 0 Å². The molecular weight excluding hydrogens is 218 g/mol. The Bertz CT molecular complexity index is 194. The molecule has 0 bridgehead atoms. The molecule has 0 atom stereocenters. The van der Waals surface area contributed by atoms with Gasteiger partial charge in [-0.3, -0.25) is 4.55 Å². The van der Waals surface area contributed by atoms with Gasteiger partial charge >= 0.3 is 0 Å². The van der Waals surface area contributed by atoms with Crippen LogP contribution in [-0.2, 0) is 29.6 Å². The molecule has 5 heteroatoms. The first-order valence-corrected chi connectivity index (χ1v) is 5.07. The third-order valence-electron chi connectivity index (χ3n) is 1.97. The van der Waals surface area contributed by atoms with E-state index in [4.69, 9.17) is 4.55 Å². The van der Waals surface area contributed by atoms with E-state index in [1.165, 1.54) is 0 Å². The van der Waals surface area contributed by atoms with Gasteiger partial charge in [0.25, 0.3) is 10.1 Å². The van der Waals surface area contributed by atoms with Crippen molar-refractivity contribution >= 4 is 10.1 Å². The van der Waals surface area contributed by atoms with Crippen molar-refractivity contribution in [3.05, 3.63) is 0 Å². The van der Waals surface area contributed by atoms with Gasteiger partial charge in [-0.1, -0.05) is 19.3 Å². The Morgan fingerprint density at radius 2 is 1.55 bits per heavy atom. The predicted octanol–water partition coefficient (Wildman–Crippen LogP) is 1.20. The van der Waals surface area contributed by atoms with E-state index in [1.54, 1.807) is 0 Å². The second-order valence-electron chi connectivity index (χ2n) is 2.77. The molecular formula is C6H12O3SZn. The summed E-state index contributed by atoms with van der Waals surface area (Å²) in [6.07, 6.45) is 4.25. The first kappa shape index (κ1) is 11.5. The number of hydrogen-bond acceptors (Lipinski definition) is 2. The topological polar surface area (TPSA) is 54.4 Å². The van der Waals surface area contributed by atoms with Crippen LogP contribution in [0.4, 0.5) is 0 Å². The molecule has 0 aromatic carbocycles. The molecule has 1 N–H and O–H groups in total. The van der Waals surface area contributed by atoms with Crippen molar-refractivity contribution in [2.24, 2.45) is 0 Å². The summed E-state index contributed by atoms with van der Waals surface area (Å²) in [6, 6.07) is 0. The maximum atomic E-state index is 10.5. The van der Waals surface area contributed by atoms with E-state index in [0.29, 0.717) is 12.8 Å². The smallest absolute Gasteiger partial charge is 0.267 e. The quantitative estimate of drug-likeness (QED) is 0.543. The van der Waals surface area contributed by atoms with E-state index in [1.807, 2.05) is 0 Å². The Balaban J connectivity index is 0.000001000. The standard InChI is InChI=1S/C6H12O3S.Zn/c7-10(8,9)6-4-2-1-3-5-6;/h6H,1-5H2,(H,7,8,9);. The third-order valence-corrected chi connectivity index (χ3v) is 3.29. The van der Waals surface area contributed by atoms with Crippen molar-refractivity contribution < 1.29 is 32.4 Å². The second kappa shape index (κ2) is 4.53. The van der Waals surface area contributed by atoms with Gasteiger partial charge in [0, 0.05) is 19.5 Å². The fourth-order valence-electron chi connectivity index (χ4n) is 1.36. The SMILES string of the molecule is O=S(=O)(O)C1CCCCC1.[Zn]. The minimum Gasteiger partial charge on any atom is -0.285 e. The van der Waals surface area contributed by atoms with Gasteiger partial charge in [0.05, 0.1) is 5.25 Å². The Kier molecular flexibility index (Phi) is 4.75. The summed E-state index contributed by atoms with van der Waals surface area (Å²) < 4.78 is 29.7. The molecule has 0 radical (unpaired) electrons. The van der Waals surface area contributed by atoms with Crippen LogP contribution in [0.2, 0.25) is 0 Å². The van der Waals surface area contributed by atoms with E-state index >= 15 is 0 Å². The normalized spacial score (nSPS) is 20.8. The molecule has 3 nitrogen and oxygen atoms in total. The average molecular weight is 230 g/mol. The second-order valence-corrected chi connectivity index (χ2v) is 4.47. The van der Waals surface area contributed by atoms with E-state index < -0.39 is 15.4 Å². The Hall–Kier alpha value is 0.533. The van der Waals surface area contributed by atoms with E-state index in [-0.39, 0.29) is 19.5 Å². The average Bonchev–Trinajstić information content (AvgIpc) is 1.88. The molecule has 0 aromatic heterocycles. The van der Waals surface area contributed by atoms with Crippen LogP contribution in [0, 0.1) is 0 Å². The van der Waals surface area contributed by atoms with Crippen molar-refractivity contribution in [3.8, 4) is 0 Å². The Morgan fingerprint density at radius 1 is 1.09 bits per heavy atom. The van der Waals surface area contributed by atoms with Gasteiger partial charge in [0.15, 0.2) is 0 Å². The minimum atomic E-state index is -3.73. The largest absolute Gasteiger partial charge is 0.285 e. The summed E-state index contributed by atoms with van der Waals surface area (Å²) in [5.41, 5.74) is 0. The number of rotatable bonds is 1. The first-order chi connectivity index (χ1) is 4.61. The van der Waals surface area contributed by atoms with Gasteiger partial charge in [-0.05, 0) is 12.8 Å². The molecule has 1 saturated carbocycles.